The summed E-state index contributed by atoms with van der Waals surface area (Å²) in [6, 6.07) is 76.8. The van der Waals surface area contributed by atoms with Crippen LogP contribution in [0.15, 0.2) is 201 Å². The molecule has 4 heteroatoms. The summed E-state index contributed by atoms with van der Waals surface area (Å²) in [4.78, 5) is 14.2. The van der Waals surface area contributed by atoms with Gasteiger partial charge in [0, 0.05) is 18.6 Å². The molecule has 354 valence electrons. The van der Waals surface area contributed by atoms with Crippen LogP contribution in [0.25, 0.3) is 78.3 Å². The summed E-state index contributed by atoms with van der Waals surface area (Å²) in [7, 11) is 0. The largest absolute Gasteiger partial charge is 3.00 e. The normalized spacial score (nSPS) is 12.9. The zero-order valence-corrected chi connectivity index (χ0v) is 44.4. The summed E-state index contributed by atoms with van der Waals surface area (Å²) in [5, 5.41) is 0. The van der Waals surface area contributed by atoms with E-state index in [2.05, 4.69) is 259 Å². The molecular weight excluding hydrogens is 1050 g/mol. The maximum atomic E-state index is 4.83. The number of benzene rings is 7. The number of aromatic nitrogens is 3. The monoisotopic (exact) mass is 1110 g/mol. The first kappa shape index (κ1) is 49.6. The molecular formula is C68H58IrN3. The number of hydrogen-bond donors (Lipinski definition) is 0. The summed E-state index contributed by atoms with van der Waals surface area (Å²) < 4.78 is 0. The predicted octanol–water partition coefficient (Wildman–Crippen LogP) is 17.7. The SMILES string of the molecule is Cc1ccc(-c2[c-]cc(C(C)C(C)c3cc(-c4ccccc4-c4c[c-]c(-c5ccc(C)cn5)cc4-c4ccc(-c5ccccc5)cc4)cc(C(C)C(C)c4c[c-]c(-c5ccc(C)cn5)cc4)c3)cc2)nc1.[Ir+3]. The van der Waals surface area contributed by atoms with Gasteiger partial charge in [0.15, 0.2) is 0 Å². The van der Waals surface area contributed by atoms with Crippen molar-refractivity contribution in [1.82, 2.24) is 15.0 Å². The second-order valence-corrected chi connectivity index (χ2v) is 19.4. The molecule has 10 aromatic rings. The third kappa shape index (κ3) is 10.8. The molecule has 0 amide bonds. The van der Waals surface area contributed by atoms with E-state index in [4.69, 9.17) is 4.98 Å². The molecule has 10 rings (SSSR count). The molecule has 3 nitrogen and oxygen atoms in total. The van der Waals surface area contributed by atoms with Crippen LogP contribution in [0.1, 0.15) is 90.3 Å². The molecule has 0 N–H and O–H groups in total. The molecule has 0 saturated heterocycles. The first-order valence-corrected chi connectivity index (χ1v) is 24.8. The van der Waals surface area contributed by atoms with E-state index in [-0.39, 0.29) is 43.8 Å². The van der Waals surface area contributed by atoms with Crippen LogP contribution in [-0.4, -0.2) is 15.0 Å². The third-order valence-corrected chi connectivity index (χ3v) is 14.6. The van der Waals surface area contributed by atoms with Gasteiger partial charge in [-0.2, -0.15) is 0 Å². The van der Waals surface area contributed by atoms with E-state index in [1.54, 1.807) is 0 Å². The van der Waals surface area contributed by atoms with Crippen LogP contribution in [0.5, 0.6) is 0 Å². The Morgan fingerprint density at radius 2 is 0.750 bits per heavy atom. The molecule has 0 fully saturated rings. The zero-order chi connectivity index (χ0) is 49.0. The molecule has 7 aromatic carbocycles. The summed E-state index contributed by atoms with van der Waals surface area (Å²) in [6.45, 7) is 15.7. The number of hydrogen-bond acceptors (Lipinski definition) is 3. The number of rotatable bonds is 13. The smallest absolute Gasteiger partial charge is 0.304 e. The Morgan fingerprint density at radius 3 is 1.22 bits per heavy atom. The van der Waals surface area contributed by atoms with Gasteiger partial charge in [-0.05, 0) is 117 Å². The van der Waals surface area contributed by atoms with Crippen molar-refractivity contribution in [1.29, 1.82) is 0 Å². The quantitative estimate of drug-likeness (QED) is 0.108. The molecule has 3 aromatic heterocycles. The van der Waals surface area contributed by atoms with Gasteiger partial charge in [0.2, 0.25) is 0 Å². The van der Waals surface area contributed by atoms with Gasteiger partial charge in [-0.25, -0.2) is 0 Å². The van der Waals surface area contributed by atoms with Gasteiger partial charge in [-0.3, -0.25) is 0 Å². The molecule has 0 aliphatic rings. The maximum absolute atomic E-state index is 4.83. The predicted molar refractivity (Wildman–Crippen MR) is 295 cm³/mol. The average Bonchev–Trinajstić information content (AvgIpc) is 3.43. The van der Waals surface area contributed by atoms with Crippen molar-refractivity contribution in [3.63, 3.8) is 0 Å². The molecule has 4 unspecified atom stereocenters. The fourth-order valence-corrected chi connectivity index (χ4v) is 9.70. The van der Waals surface area contributed by atoms with Crippen LogP contribution in [0.4, 0.5) is 0 Å². The van der Waals surface area contributed by atoms with Crippen LogP contribution in [0, 0.1) is 39.0 Å². The van der Waals surface area contributed by atoms with Crippen molar-refractivity contribution in [2.75, 3.05) is 0 Å². The maximum Gasteiger partial charge on any atom is 3.00 e. The van der Waals surface area contributed by atoms with Crippen LogP contribution >= 0.6 is 0 Å². The molecule has 3 heterocycles. The van der Waals surface area contributed by atoms with Gasteiger partial charge in [0.1, 0.15) is 0 Å². The van der Waals surface area contributed by atoms with E-state index < -0.39 is 0 Å². The van der Waals surface area contributed by atoms with E-state index in [0.29, 0.717) is 0 Å². The fraction of sp³-hybridized carbons (Fsp3) is 0.162. The number of pyridine rings is 3. The molecule has 0 saturated carbocycles. The van der Waals surface area contributed by atoms with Crippen molar-refractivity contribution in [2.24, 2.45) is 0 Å². The summed E-state index contributed by atoms with van der Waals surface area (Å²) in [6.07, 6.45) is 5.77. The first-order valence-electron chi connectivity index (χ1n) is 24.8. The Labute approximate surface area is 440 Å². The van der Waals surface area contributed by atoms with Gasteiger partial charge in [-0.1, -0.05) is 178 Å². The minimum atomic E-state index is 0. The number of nitrogens with zero attached hydrogens (tertiary/aromatic N) is 3. The van der Waals surface area contributed by atoms with E-state index in [0.717, 1.165) is 72.7 Å². The Hall–Kier alpha value is -7.36. The van der Waals surface area contributed by atoms with E-state index in [1.807, 2.05) is 18.6 Å². The van der Waals surface area contributed by atoms with Crippen LogP contribution in [0.2, 0.25) is 0 Å². The standard InChI is InChI=1S/C68H58N3.Ir/c1-44-17-34-66(69-41-44)56-28-20-51(21-29-56)47(4)49(6)59-37-60(50(7)48(5)52-22-30-57(31-23-52)67-35-18-45(2)42-70-67)39-61(38-59)62-15-11-12-16-63(62)64-33-32-58(68-36-19-46(3)43-71-68)40-65(64)55-26-24-54(25-27-55)53-13-9-8-10-14-53;/h8-28,30,33-43,47-50H,1-7H3;/q-3;+3. The van der Waals surface area contributed by atoms with E-state index in [9.17, 15) is 0 Å². The fourth-order valence-electron chi connectivity index (χ4n) is 9.70. The van der Waals surface area contributed by atoms with Crippen molar-refractivity contribution >= 4 is 0 Å². The van der Waals surface area contributed by atoms with Gasteiger partial charge < -0.3 is 15.0 Å². The van der Waals surface area contributed by atoms with Crippen LogP contribution in [0.3, 0.4) is 0 Å². The van der Waals surface area contributed by atoms with Gasteiger partial charge in [0.05, 0.1) is 0 Å². The first-order chi connectivity index (χ1) is 34.6. The minimum Gasteiger partial charge on any atom is -0.304 e. The summed E-state index contributed by atoms with van der Waals surface area (Å²) in [5.74, 6) is 0.835. The van der Waals surface area contributed by atoms with Gasteiger partial charge >= 0.3 is 20.1 Å². The Morgan fingerprint density at radius 1 is 0.319 bits per heavy atom. The van der Waals surface area contributed by atoms with E-state index in [1.165, 1.54) is 44.5 Å². The second-order valence-electron chi connectivity index (χ2n) is 19.4. The Balaban J connectivity index is 0.00000640. The number of aryl methyl sites for hydroxylation is 3. The molecule has 0 aliphatic carbocycles. The van der Waals surface area contributed by atoms with Crippen molar-refractivity contribution < 1.29 is 20.1 Å². The van der Waals surface area contributed by atoms with Crippen LogP contribution < -0.4 is 0 Å². The molecule has 72 heavy (non-hydrogen) atoms. The summed E-state index contributed by atoms with van der Waals surface area (Å²) >= 11 is 0. The Bertz CT molecular complexity index is 3280. The van der Waals surface area contributed by atoms with Gasteiger partial charge in [0.25, 0.3) is 0 Å². The third-order valence-electron chi connectivity index (χ3n) is 14.6. The van der Waals surface area contributed by atoms with Crippen molar-refractivity contribution in [3.8, 4) is 78.3 Å². The molecule has 0 aliphatic heterocycles. The molecule has 0 bridgehead atoms. The van der Waals surface area contributed by atoms with Crippen molar-refractivity contribution in [2.45, 2.75) is 72.1 Å². The zero-order valence-electron chi connectivity index (χ0n) is 42.0. The van der Waals surface area contributed by atoms with Crippen molar-refractivity contribution in [3.05, 3.63) is 258 Å². The van der Waals surface area contributed by atoms with Gasteiger partial charge in [-0.15, -0.1) is 94.5 Å². The average molecular weight is 1110 g/mol. The van der Waals surface area contributed by atoms with Crippen LogP contribution in [-0.2, 0) is 20.1 Å². The second kappa shape index (κ2) is 22.0. The minimum absolute atomic E-state index is 0. The molecule has 0 spiro atoms. The topological polar surface area (TPSA) is 38.7 Å². The molecule has 4 atom stereocenters. The van der Waals surface area contributed by atoms with E-state index >= 15 is 0 Å². The summed E-state index contributed by atoms with van der Waals surface area (Å²) in [5.41, 5.74) is 23.6. The molecule has 0 radical (unpaired) electrons. The Kier molecular flexibility index (Phi) is 15.1.